The van der Waals surface area contributed by atoms with Crippen LogP contribution in [0.4, 0.5) is 19.0 Å². The van der Waals surface area contributed by atoms with Crippen LogP contribution in [0.15, 0.2) is 17.0 Å². The lowest BCUT2D eigenvalue weighted by Gasteiger charge is -2.13. The van der Waals surface area contributed by atoms with Gasteiger partial charge in [-0.15, -0.1) is 0 Å². The molecule has 1 aromatic heterocycles. The third kappa shape index (κ3) is 5.12. The summed E-state index contributed by atoms with van der Waals surface area (Å²) in [5, 5.41) is 11.3. The first kappa shape index (κ1) is 24.1. The van der Waals surface area contributed by atoms with Crippen LogP contribution in [0.3, 0.4) is 0 Å². The Balaban J connectivity index is 2.53. The molecule has 164 valence electrons. The first-order valence-electron chi connectivity index (χ1n) is 8.30. The van der Waals surface area contributed by atoms with E-state index in [0.29, 0.717) is 18.6 Å². The van der Waals surface area contributed by atoms with E-state index in [1.165, 1.54) is 6.26 Å². The Morgan fingerprint density at radius 3 is 2.37 bits per heavy atom. The summed E-state index contributed by atoms with van der Waals surface area (Å²) in [6.45, 7) is 1.79. The molecule has 0 spiro atoms. The van der Waals surface area contributed by atoms with Crippen LogP contribution < -0.4 is 16.6 Å². The van der Waals surface area contributed by atoms with Gasteiger partial charge in [-0.3, -0.25) is 21.1 Å². The van der Waals surface area contributed by atoms with Gasteiger partial charge < -0.3 is 10.3 Å². The number of hydrogen-bond acceptors (Lipinski definition) is 5. The molecule has 0 aliphatic rings. The molecule has 30 heavy (non-hydrogen) atoms. The summed E-state index contributed by atoms with van der Waals surface area (Å²) in [7, 11) is 0. The van der Waals surface area contributed by atoms with E-state index in [0.717, 1.165) is 4.68 Å². The number of rotatable bonds is 5. The van der Waals surface area contributed by atoms with E-state index in [9.17, 15) is 22.5 Å². The van der Waals surface area contributed by atoms with E-state index in [1.54, 1.807) is 6.92 Å². The molecule has 1 heterocycles. The minimum Gasteiger partial charge on any atom is -0.611 e. The number of nitrogens with two attached hydrogens (primary N) is 1. The lowest BCUT2D eigenvalue weighted by molar-refractivity contribution is -0.137. The maximum Gasteiger partial charge on any atom is 0.416 e. The average Bonchev–Trinajstić information content (AvgIpc) is 2.96. The molecule has 0 radical (unpaired) electrons. The summed E-state index contributed by atoms with van der Waals surface area (Å²) in [6, 6.07) is 1.31. The zero-order valence-corrected chi connectivity index (χ0v) is 18.0. The molecule has 8 nitrogen and oxygen atoms in total. The summed E-state index contributed by atoms with van der Waals surface area (Å²) < 4.78 is 52.0. The average molecular weight is 485 g/mol. The van der Waals surface area contributed by atoms with Gasteiger partial charge in [0.05, 0.1) is 15.6 Å². The molecule has 0 bridgehead atoms. The summed E-state index contributed by atoms with van der Waals surface area (Å²) in [4.78, 5) is 11.5. The maximum absolute atomic E-state index is 13.0. The Morgan fingerprint density at radius 1 is 1.33 bits per heavy atom. The number of aromatic nitrogens is 2. The second-order valence-electron chi connectivity index (χ2n) is 6.01. The Bertz CT molecular complexity index is 958. The van der Waals surface area contributed by atoms with Gasteiger partial charge in [0.1, 0.15) is 11.9 Å². The number of amides is 1. The van der Waals surface area contributed by atoms with Gasteiger partial charge in [-0.25, -0.2) is 4.68 Å². The van der Waals surface area contributed by atoms with Crippen LogP contribution in [-0.2, 0) is 22.1 Å². The molecule has 0 saturated carbocycles. The van der Waals surface area contributed by atoms with Crippen molar-refractivity contribution >= 4 is 51.9 Å². The Morgan fingerprint density at radius 2 is 1.90 bits per heavy atom. The van der Waals surface area contributed by atoms with Crippen molar-refractivity contribution in [3.05, 3.63) is 33.4 Å². The smallest absolute Gasteiger partial charge is 0.416 e. The second-order valence-corrected chi connectivity index (χ2v) is 8.14. The van der Waals surface area contributed by atoms with Crippen molar-refractivity contribution in [3.63, 3.8) is 0 Å². The van der Waals surface area contributed by atoms with Crippen LogP contribution in [0, 0.1) is 5.41 Å². The van der Waals surface area contributed by atoms with Crippen LogP contribution >= 0.6 is 23.2 Å². The van der Waals surface area contributed by atoms with Crippen LogP contribution in [0.5, 0.6) is 0 Å². The number of carbonyl (C=O) groups excluding carboxylic acids is 1. The monoisotopic (exact) mass is 484 g/mol. The molecular weight excluding hydrogens is 468 g/mol. The predicted molar refractivity (Wildman–Crippen MR) is 108 cm³/mol. The number of nitrogens with zero attached hydrogens (tertiary/aromatic N) is 2. The van der Waals surface area contributed by atoms with Gasteiger partial charge in [0, 0.05) is 6.42 Å². The fraction of sp³-hybridized carbons (Fsp3) is 0.312. The number of hydrazine groups is 1. The molecule has 2 aromatic rings. The van der Waals surface area contributed by atoms with Crippen LogP contribution in [0.2, 0.25) is 10.0 Å². The summed E-state index contributed by atoms with van der Waals surface area (Å²) in [5.74, 6) is -1.06. The Labute approximate surface area is 182 Å². The number of halogens is 5. The molecule has 5 N–H and O–H groups in total. The molecule has 0 aliphatic heterocycles. The number of benzene rings is 1. The molecule has 0 saturated heterocycles. The SMILES string of the molecule is CCCC(=O)NNC(=N)c1nn(-c2c(Cl)cc(C(F)(F)F)cc2Cl)c(N)c1[S+](C)[O-]. The Hall–Kier alpha value is -2.15. The molecule has 1 atom stereocenters. The minimum absolute atomic E-state index is 0.0794. The molecular formula is C16H17Cl2F3N6O2S. The molecule has 14 heteroatoms. The molecule has 2 rings (SSSR count). The highest BCUT2D eigenvalue weighted by atomic mass is 35.5. The normalized spacial score (nSPS) is 12.5. The topological polar surface area (TPSA) is 132 Å². The van der Waals surface area contributed by atoms with E-state index in [-0.39, 0.29) is 34.4 Å². The lowest BCUT2D eigenvalue weighted by Crippen LogP contribution is -2.42. The van der Waals surface area contributed by atoms with Gasteiger partial charge in [-0.1, -0.05) is 30.1 Å². The minimum atomic E-state index is -4.68. The molecule has 0 aliphatic carbocycles. The number of nitrogens with one attached hydrogen (secondary N) is 3. The van der Waals surface area contributed by atoms with Crippen molar-refractivity contribution in [3.8, 4) is 5.69 Å². The largest absolute Gasteiger partial charge is 0.611 e. The van der Waals surface area contributed by atoms with E-state index < -0.39 is 38.8 Å². The third-order valence-electron chi connectivity index (χ3n) is 3.76. The van der Waals surface area contributed by atoms with Crippen molar-refractivity contribution in [2.24, 2.45) is 0 Å². The van der Waals surface area contributed by atoms with Gasteiger partial charge in [-0.2, -0.15) is 18.3 Å². The van der Waals surface area contributed by atoms with E-state index in [1.807, 2.05) is 0 Å². The molecule has 1 amide bonds. The predicted octanol–water partition coefficient (Wildman–Crippen LogP) is 3.26. The zero-order chi connectivity index (χ0) is 22.8. The summed E-state index contributed by atoms with van der Waals surface area (Å²) >= 11 is 10.3. The second kappa shape index (κ2) is 9.33. The van der Waals surface area contributed by atoms with Crippen molar-refractivity contribution in [2.75, 3.05) is 12.0 Å². The fourth-order valence-electron chi connectivity index (χ4n) is 2.45. The highest BCUT2D eigenvalue weighted by Crippen LogP contribution is 2.39. The zero-order valence-electron chi connectivity index (χ0n) is 15.7. The first-order valence-corrected chi connectivity index (χ1v) is 10.6. The number of alkyl halides is 3. The Kier molecular flexibility index (Phi) is 7.50. The fourth-order valence-corrected chi connectivity index (χ4v) is 3.89. The van der Waals surface area contributed by atoms with Gasteiger partial charge >= 0.3 is 6.18 Å². The van der Waals surface area contributed by atoms with Crippen LogP contribution in [-0.4, -0.2) is 32.3 Å². The van der Waals surface area contributed by atoms with Crippen molar-refractivity contribution in [1.82, 2.24) is 20.6 Å². The number of carbonyl (C=O) groups is 1. The van der Waals surface area contributed by atoms with E-state index >= 15 is 0 Å². The highest BCUT2D eigenvalue weighted by molar-refractivity contribution is 7.91. The van der Waals surface area contributed by atoms with Gasteiger partial charge in [0.25, 0.3) is 0 Å². The van der Waals surface area contributed by atoms with Gasteiger partial charge in [0.2, 0.25) is 10.8 Å². The van der Waals surface area contributed by atoms with Crippen molar-refractivity contribution in [1.29, 1.82) is 5.41 Å². The van der Waals surface area contributed by atoms with E-state index in [2.05, 4.69) is 16.0 Å². The first-order chi connectivity index (χ1) is 13.9. The molecule has 0 fully saturated rings. The standard InChI is InChI=1S/C16H17Cl2F3N6O2S/c1-3-4-10(28)24-25-14(22)11-13(30(2)29)15(23)27(26-11)12-8(17)5-7(6-9(12)18)16(19,20)21/h5-6H,3-4,23H2,1-2H3,(H2,22,25)(H,24,28). The van der Waals surface area contributed by atoms with Crippen LogP contribution in [0.1, 0.15) is 31.0 Å². The quantitative estimate of drug-likeness (QED) is 0.224. The van der Waals surface area contributed by atoms with Crippen molar-refractivity contribution < 1.29 is 22.5 Å². The number of nitrogen functional groups attached to an aromatic ring is 1. The lowest BCUT2D eigenvalue weighted by atomic mass is 10.2. The van der Waals surface area contributed by atoms with Crippen molar-refractivity contribution in [2.45, 2.75) is 30.8 Å². The van der Waals surface area contributed by atoms with Crippen LogP contribution in [0.25, 0.3) is 5.69 Å². The van der Waals surface area contributed by atoms with Gasteiger partial charge in [-0.05, 0) is 29.7 Å². The highest BCUT2D eigenvalue weighted by Gasteiger charge is 2.34. The molecule has 1 aromatic carbocycles. The molecule has 1 unspecified atom stereocenters. The maximum atomic E-state index is 13.0. The number of anilines is 1. The summed E-state index contributed by atoms with van der Waals surface area (Å²) in [6.07, 6.45) is -2.61. The number of amidine groups is 1. The number of hydrogen-bond donors (Lipinski definition) is 4. The third-order valence-corrected chi connectivity index (χ3v) is 5.31. The van der Waals surface area contributed by atoms with Gasteiger partial charge in [0.15, 0.2) is 17.3 Å². The van der Waals surface area contributed by atoms with E-state index in [4.69, 9.17) is 34.3 Å². The summed E-state index contributed by atoms with van der Waals surface area (Å²) in [5.41, 5.74) is 9.17.